The fourth-order valence-corrected chi connectivity index (χ4v) is 2.58. The molecule has 2 rings (SSSR count). The molecule has 1 aromatic carbocycles. The van der Waals surface area contributed by atoms with Gasteiger partial charge in [0, 0.05) is 0 Å². The fraction of sp³-hybridized carbons (Fsp3) is 0.533. The third-order valence-corrected chi connectivity index (χ3v) is 3.79. The number of alkyl halides is 3. The van der Waals surface area contributed by atoms with Crippen molar-refractivity contribution in [1.29, 1.82) is 5.26 Å². The smallest absolute Gasteiger partial charge is 0.417 e. The van der Waals surface area contributed by atoms with Crippen molar-refractivity contribution in [3.8, 4) is 11.8 Å². The van der Waals surface area contributed by atoms with Gasteiger partial charge in [-0.3, -0.25) is 0 Å². The van der Waals surface area contributed by atoms with Crippen molar-refractivity contribution in [2.45, 2.75) is 43.8 Å². The van der Waals surface area contributed by atoms with E-state index in [0.29, 0.717) is 0 Å². The van der Waals surface area contributed by atoms with Gasteiger partial charge in [0.25, 0.3) is 0 Å². The van der Waals surface area contributed by atoms with Crippen LogP contribution >= 0.6 is 0 Å². The van der Waals surface area contributed by atoms with Crippen LogP contribution in [0.1, 0.15) is 43.2 Å². The van der Waals surface area contributed by atoms with Crippen molar-refractivity contribution >= 4 is 0 Å². The van der Waals surface area contributed by atoms with E-state index in [2.05, 4.69) is 0 Å². The molecular formula is C15H17F3N2O. The van der Waals surface area contributed by atoms with Crippen LogP contribution in [0.3, 0.4) is 0 Å². The molecule has 0 bridgehead atoms. The van der Waals surface area contributed by atoms with Crippen LogP contribution in [0.5, 0.6) is 5.75 Å². The van der Waals surface area contributed by atoms with Crippen LogP contribution in [0.4, 0.5) is 13.2 Å². The Bertz CT molecular complexity index is 543. The Balaban J connectivity index is 2.10. The predicted molar refractivity (Wildman–Crippen MR) is 71.7 cm³/mol. The van der Waals surface area contributed by atoms with Gasteiger partial charge in [0.15, 0.2) is 0 Å². The van der Waals surface area contributed by atoms with E-state index in [0.717, 1.165) is 44.2 Å². The van der Waals surface area contributed by atoms with E-state index in [1.165, 1.54) is 6.07 Å². The average molecular weight is 298 g/mol. The van der Waals surface area contributed by atoms with Gasteiger partial charge in [-0.05, 0) is 31.0 Å². The van der Waals surface area contributed by atoms with Crippen molar-refractivity contribution < 1.29 is 17.9 Å². The van der Waals surface area contributed by atoms with Crippen LogP contribution in [-0.4, -0.2) is 12.1 Å². The number of nitrogens with zero attached hydrogens (tertiary/aromatic N) is 1. The topological polar surface area (TPSA) is 59.0 Å². The minimum atomic E-state index is -4.54. The maximum atomic E-state index is 12.7. The van der Waals surface area contributed by atoms with E-state index < -0.39 is 22.8 Å². The molecule has 1 saturated carbocycles. The lowest BCUT2D eigenvalue weighted by atomic mass is 9.83. The summed E-state index contributed by atoms with van der Waals surface area (Å²) < 4.78 is 43.6. The van der Waals surface area contributed by atoms with Crippen LogP contribution in [0.15, 0.2) is 18.2 Å². The van der Waals surface area contributed by atoms with Crippen molar-refractivity contribution in [3.05, 3.63) is 29.3 Å². The lowest BCUT2D eigenvalue weighted by molar-refractivity contribution is -0.137. The maximum Gasteiger partial charge on any atom is 0.417 e. The van der Waals surface area contributed by atoms with E-state index >= 15 is 0 Å². The monoisotopic (exact) mass is 298 g/mol. The minimum absolute atomic E-state index is 0.245. The first-order chi connectivity index (χ1) is 9.84. The highest BCUT2D eigenvalue weighted by molar-refractivity contribution is 5.44. The summed E-state index contributed by atoms with van der Waals surface area (Å²) in [5.41, 5.74) is 4.40. The van der Waals surface area contributed by atoms with Gasteiger partial charge in [0.1, 0.15) is 12.4 Å². The highest BCUT2D eigenvalue weighted by Crippen LogP contribution is 2.34. The molecule has 0 saturated heterocycles. The Hall–Kier alpha value is -1.74. The first kappa shape index (κ1) is 15.6. The minimum Gasteiger partial charge on any atom is -0.492 e. The summed E-state index contributed by atoms with van der Waals surface area (Å²) in [6.07, 6.45) is 0.379. The van der Waals surface area contributed by atoms with E-state index in [-0.39, 0.29) is 12.4 Å². The van der Waals surface area contributed by atoms with E-state index in [9.17, 15) is 13.2 Å². The molecule has 1 aliphatic carbocycles. The number of benzene rings is 1. The third-order valence-electron chi connectivity index (χ3n) is 3.79. The Morgan fingerprint density at radius 2 is 1.90 bits per heavy atom. The molecule has 0 radical (unpaired) electrons. The van der Waals surface area contributed by atoms with Gasteiger partial charge >= 0.3 is 6.18 Å². The molecule has 21 heavy (non-hydrogen) atoms. The average Bonchev–Trinajstić information content (AvgIpc) is 2.44. The summed E-state index contributed by atoms with van der Waals surface area (Å²) in [5.74, 6) is 0.245. The summed E-state index contributed by atoms with van der Waals surface area (Å²) in [4.78, 5) is 0. The zero-order valence-corrected chi connectivity index (χ0v) is 11.5. The first-order valence-electron chi connectivity index (χ1n) is 6.87. The van der Waals surface area contributed by atoms with Crippen LogP contribution in [-0.2, 0) is 6.18 Å². The molecule has 0 unspecified atom stereocenters. The second-order valence-electron chi connectivity index (χ2n) is 5.53. The van der Waals surface area contributed by atoms with Crippen molar-refractivity contribution in [2.75, 3.05) is 6.61 Å². The molecule has 3 nitrogen and oxygen atoms in total. The molecule has 0 heterocycles. The van der Waals surface area contributed by atoms with Gasteiger partial charge < -0.3 is 10.5 Å². The first-order valence-corrected chi connectivity index (χ1v) is 6.87. The molecule has 1 aliphatic rings. The third kappa shape index (κ3) is 3.88. The highest BCUT2D eigenvalue weighted by atomic mass is 19.4. The quantitative estimate of drug-likeness (QED) is 0.927. The molecular weight excluding hydrogens is 281 g/mol. The lowest BCUT2D eigenvalue weighted by Crippen LogP contribution is -2.47. The van der Waals surface area contributed by atoms with Gasteiger partial charge in [-0.2, -0.15) is 18.4 Å². The number of halogens is 3. The largest absolute Gasteiger partial charge is 0.492 e. The van der Waals surface area contributed by atoms with Crippen molar-refractivity contribution in [3.63, 3.8) is 0 Å². The van der Waals surface area contributed by atoms with Crippen molar-refractivity contribution in [2.24, 2.45) is 5.73 Å². The predicted octanol–water partition coefficient (Wildman–Crippen LogP) is 3.62. The van der Waals surface area contributed by atoms with Crippen LogP contribution in [0.25, 0.3) is 0 Å². The maximum absolute atomic E-state index is 12.7. The van der Waals surface area contributed by atoms with Gasteiger partial charge in [0.05, 0.1) is 22.7 Å². The molecule has 0 amide bonds. The summed E-state index contributed by atoms with van der Waals surface area (Å²) >= 11 is 0. The number of ether oxygens (including phenoxy) is 1. The molecule has 2 N–H and O–H groups in total. The van der Waals surface area contributed by atoms with Crippen LogP contribution in [0, 0.1) is 11.3 Å². The fourth-order valence-electron chi connectivity index (χ4n) is 2.58. The number of rotatable bonds is 3. The SMILES string of the molecule is N#Cc1cc(OCC2(N)CCCCC2)ccc1C(F)(F)F. The second-order valence-corrected chi connectivity index (χ2v) is 5.53. The second kappa shape index (κ2) is 5.94. The molecule has 0 spiro atoms. The number of nitrogens with two attached hydrogens (primary N) is 1. The summed E-state index contributed by atoms with van der Waals surface area (Å²) in [6, 6.07) is 4.78. The molecule has 114 valence electrons. The molecule has 0 aliphatic heterocycles. The standard InChI is InChI=1S/C15H17F3N2O/c16-15(17,18)13-5-4-12(8-11(13)9-19)21-10-14(20)6-2-1-3-7-14/h4-5,8H,1-3,6-7,10,20H2. The number of hydrogen-bond acceptors (Lipinski definition) is 3. The Morgan fingerprint density at radius 3 is 2.48 bits per heavy atom. The van der Waals surface area contributed by atoms with E-state index in [1.807, 2.05) is 0 Å². The summed E-state index contributed by atoms with van der Waals surface area (Å²) in [6.45, 7) is 0.253. The molecule has 1 fully saturated rings. The molecule has 1 aromatic rings. The van der Waals surface area contributed by atoms with Gasteiger partial charge in [-0.1, -0.05) is 19.3 Å². The number of hydrogen-bond donors (Lipinski definition) is 1. The normalized spacial score (nSPS) is 18.0. The Morgan fingerprint density at radius 1 is 1.24 bits per heavy atom. The lowest BCUT2D eigenvalue weighted by Gasteiger charge is -2.33. The van der Waals surface area contributed by atoms with Crippen LogP contribution in [0.2, 0.25) is 0 Å². The Kier molecular flexibility index (Phi) is 4.43. The van der Waals surface area contributed by atoms with E-state index in [4.69, 9.17) is 15.7 Å². The number of nitriles is 1. The van der Waals surface area contributed by atoms with Gasteiger partial charge in [0.2, 0.25) is 0 Å². The zero-order valence-electron chi connectivity index (χ0n) is 11.5. The van der Waals surface area contributed by atoms with Gasteiger partial charge in [-0.15, -0.1) is 0 Å². The molecule has 6 heteroatoms. The summed E-state index contributed by atoms with van der Waals surface area (Å²) in [5, 5.41) is 8.84. The van der Waals surface area contributed by atoms with E-state index in [1.54, 1.807) is 6.07 Å². The van der Waals surface area contributed by atoms with Gasteiger partial charge in [-0.25, -0.2) is 0 Å². The van der Waals surface area contributed by atoms with Crippen molar-refractivity contribution in [1.82, 2.24) is 0 Å². The highest BCUT2D eigenvalue weighted by Gasteiger charge is 2.34. The summed E-state index contributed by atoms with van der Waals surface area (Å²) in [7, 11) is 0. The Labute approximate surface area is 121 Å². The molecule has 0 atom stereocenters. The van der Waals surface area contributed by atoms with Crippen LogP contribution < -0.4 is 10.5 Å². The zero-order chi connectivity index (χ0) is 15.5. The molecule has 0 aromatic heterocycles.